The minimum atomic E-state index is -3.54. The van der Waals surface area contributed by atoms with Crippen molar-refractivity contribution in [1.29, 1.82) is 0 Å². The van der Waals surface area contributed by atoms with Gasteiger partial charge in [-0.3, -0.25) is 0 Å². The minimum absolute atomic E-state index is 0.0312. The van der Waals surface area contributed by atoms with E-state index in [0.717, 1.165) is 32.1 Å². The number of hydrogen-bond donors (Lipinski definition) is 2. The Balaban J connectivity index is 1.68. The number of aliphatic hydroxyl groups is 1. The van der Waals surface area contributed by atoms with Crippen LogP contribution in [0.2, 0.25) is 0 Å². The molecular formula is C14H22N2O4S. The van der Waals surface area contributed by atoms with E-state index in [2.05, 4.69) is 4.72 Å². The van der Waals surface area contributed by atoms with Crippen LogP contribution in [0.5, 0.6) is 0 Å². The van der Waals surface area contributed by atoms with E-state index in [1.54, 1.807) is 12.3 Å². The Morgan fingerprint density at radius 3 is 2.76 bits per heavy atom. The van der Waals surface area contributed by atoms with Crippen LogP contribution in [0.15, 0.2) is 17.2 Å². The van der Waals surface area contributed by atoms with Crippen LogP contribution >= 0.6 is 0 Å². The number of nitrogens with one attached hydrogen (secondary N) is 1. The number of aromatic nitrogens is 1. The van der Waals surface area contributed by atoms with Gasteiger partial charge in [-0.15, -0.1) is 0 Å². The second-order valence-corrected chi connectivity index (χ2v) is 7.57. The second kappa shape index (κ2) is 6.08. The molecule has 1 aliphatic carbocycles. The number of sulfonamides is 1. The van der Waals surface area contributed by atoms with Gasteiger partial charge in [0, 0.05) is 31.1 Å². The molecule has 1 atom stereocenters. The summed E-state index contributed by atoms with van der Waals surface area (Å²) in [5, 5.41) is 9.35. The largest absolute Gasteiger partial charge is 0.390 e. The lowest BCUT2D eigenvalue weighted by atomic mass is 10.1. The quantitative estimate of drug-likeness (QED) is 0.826. The van der Waals surface area contributed by atoms with Gasteiger partial charge in [-0.2, -0.15) is 0 Å². The highest BCUT2D eigenvalue weighted by molar-refractivity contribution is 7.89. The predicted octanol–water partition coefficient (Wildman–Crippen LogP) is 1.16. The van der Waals surface area contributed by atoms with Crippen molar-refractivity contribution in [1.82, 2.24) is 9.29 Å². The second-order valence-electron chi connectivity index (χ2n) is 5.80. The molecule has 0 bridgehead atoms. The fourth-order valence-corrected chi connectivity index (χ4v) is 3.83. The molecule has 21 heavy (non-hydrogen) atoms. The maximum Gasteiger partial charge on any atom is 0.242 e. The summed E-state index contributed by atoms with van der Waals surface area (Å²) in [6, 6.07) is 1.90. The monoisotopic (exact) mass is 314 g/mol. The van der Waals surface area contributed by atoms with Gasteiger partial charge >= 0.3 is 0 Å². The molecule has 2 N–H and O–H groups in total. The van der Waals surface area contributed by atoms with Gasteiger partial charge in [0.05, 0.1) is 17.6 Å². The Morgan fingerprint density at radius 1 is 1.33 bits per heavy atom. The number of aliphatic hydroxyl groups excluding tert-OH is 1. The lowest BCUT2D eigenvalue weighted by Gasteiger charge is -2.22. The molecule has 2 heterocycles. The van der Waals surface area contributed by atoms with Crippen molar-refractivity contribution in [2.24, 2.45) is 0 Å². The zero-order valence-corrected chi connectivity index (χ0v) is 12.8. The maximum absolute atomic E-state index is 12.3. The number of nitrogens with zero attached hydrogens (tertiary/aromatic N) is 1. The Bertz CT molecular complexity index is 586. The van der Waals surface area contributed by atoms with E-state index in [0.29, 0.717) is 24.9 Å². The zero-order chi connectivity index (χ0) is 14.9. The highest BCUT2D eigenvalue weighted by atomic mass is 32.2. The normalized spacial score (nSPS) is 23.4. The van der Waals surface area contributed by atoms with Crippen LogP contribution in [0.25, 0.3) is 0 Å². The van der Waals surface area contributed by atoms with Crippen molar-refractivity contribution >= 4 is 10.0 Å². The van der Waals surface area contributed by atoms with Crippen LogP contribution in [0.4, 0.5) is 0 Å². The summed E-state index contributed by atoms with van der Waals surface area (Å²) >= 11 is 0. The van der Waals surface area contributed by atoms with Gasteiger partial charge in [-0.25, -0.2) is 13.1 Å². The predicted molar refractivity (Wildman–Crippen MR) is 77.4 cm³/mol. The lowest BCUT2D eigenvalue weighted by molar-refractivity contribution is 0.0200. The van der Waals surface area contributed by atoms with Crippen LogP contribution in [-0.4, -0.2) is 37.3 Å². The Kier molecular flexibility index (Phi) is 4.35. The molecule has 0 radical (unpaired) electrons. The van der Waals surface area contributed by atoms with Crippen molar-refractivity contribution in [3.8, 4) is 0 Å². The van der Waals surface area contributed by atoms with Gasteiger partial charge in [0.1, 0.15) is 0 Å². The molecule has 0 amide bonds. The summed E-state index contributed by atoms with van der Waals surface area (Å²) in [4.78, 5) is 0.231. The molecular weight excluding hydrogens is 292 g/mol. The van der Waals surface area contributed by atoms with Crippen LogP contribution in [-0.2, 0) is 21.4 Å². The molecule has 1 saturated heterocycles. The summed E-state index contributed by atoms with van der Waals surface area (Å²) in [7, 11) is -3.54. The van der Waals surface area contributed by atoms with Crippen LogP contribution in [0.1, 0.15) is 43.8 Å². The summed E-state index contributed by atoms with van der Waals surface area (Å²) in [5.74, 6) is 0. The van der Waals surface area contributed by atoms with Crippen molar-refractivity contribution in [3.63, 3.8) is 0 Å². The molecule has 2 fully saturated rings. The number of hydrogen-bond acceptors (Lipinski definition) is 4. The molecule has 7 heteroatoms. The van der Waals surface area contributed by atoms with Gasteiger partial charge in [0.2, 0.25) is 10.0 Å². The van der Waals surface area contributed by atoms with Gasteiger partial charge in [0.15, 0.2) is 0 Å². The molecule has 0 aromatic carbocycles. The molecule has 1 aliphatic heterocycles. The van der Waals surface area contributed by atoms with E-state index in [1.165, 1.54) is 0 Å². The van der Waals surface area contributed by atoms with Crippen molar-refractivity contribution in [2.45, 2.75) is 55.8 Å². The third kappa shape index (κ3) is 3.48. The number of rotatable bonds is 6. The molecule has 2 aliphatic rings. The van der Waals surface area contributed by atoms with Crippen molar-refractivity contribution in [2.75, 3.05) is 13.2 Å². The van der Waals surface area contributed by atoms with Gasteiger partial charge in [0.25, 0.3) is 0 Å². The molecule has 1 saturated carbocycles. The van der Waals surface area contributed by atoms with E-state index in [4.69, 9.17) is 4.74 Å². The first-order chi connectivity index (χ1) is 10.1. The van der Waals surface area contributed by atoms with Crippen molar-refractivity contribution in [3.05, 3.63) is 18.0 Å². The summed E-state index contributed by atoms with van der Waals surface area (Å²) in [5.41, 5.74) is 0.659. The summed E-state index contributed by atoms with van der Waals surface area (Å²) in [6.07, 6.45) is 6.72. The fourth-order valence-electron chi connectivity index (χ4n) is 2.72. The van der Waals surface area contributed by atoms with E-state index in [-0.39, 0.29) is 17.6 Å². The SMILES string of the molecule is O=S(=O)(NCC1CCCCO1)c1cc(CO)n(C2CC2)c1. The summed E-state index contributed by atoms with van der Waals surface area (Å²) in [6.45, 7) is 0.877. The third-order valence-corrected chi connectivity index (χ3v) is 5.48. The third-order valence-electron chi connectivity index (χ3n) is 4.09. The smallest absolute Gasteiger partial charge is 0.242 e. The summed E-state index contributed by atoms with van der Waals surface area (Å²) < 4.78 is 34.7. The lowest BCUT2D eigenvalue weighted by Crippen LogP contribution is -2.35. The molecule has 1 unspecified atom stereocenters. The molecule has 0 spiro atoms. The van der Waals surface area contributed by atoms with Crippen LogP contribution in [0, 0.1) is 0 Å². The average molecular weight is 314 g/mol. The highest BCUT2D eigenvalue weighted by Crippen LogP contribution is 2.37. The van der Waals surface area contributed by atoms with Gasteiger partial charge < -0.3 is 14.4 Å². The first-order valence-electron chi connectivity index (χ1n) is 7.53. The molecule has 6 nitrogen and oxygen atoms in total. The average Bonchev–Trinajstić information content (AvgIpc) is 3.24. The van der Waals surface area contributed by atoms with E-state index in [9.17, 15) is 13.5 Å². The maximum atomic E-state index is 12.3. The first kappa shape index (κ1) is 15.0. The topological polar surface area (TPSA) is 80.6 Å². The Hall–Kier alpha value is -0.890. The van der Waals surface area contributed by atoms with Gasteiger partial charge in [-0.05, 0) is 38.2 Å². The fraction of sp³-hybridized carbons (Fsp3) is 0.714. The van der Waals surface area contributed by atoms with E-state index >= 15 is 0 Å². The Labute approximate surface area is 125 Å². The standard InChI is InChI=1S/C14H22N2O4S/c17-10-12-7-14(9-16(12)11-4-5-11)21(18,19)15-8-13-3-1-2-6-20-13/h7,9,11,13,15,17H,1-6,8,10H2. The molecule has 3 rings (SSSR count). The molecule has 1 aromatic rings. The van der Waals surface area contributed by atoms with Crippen LogP contribution < -0.4 is 4.72 Å². The molecule has 118 valence electrons. The highest BCUT2D eigenvalue weighted by Gasteiger charge is 2.28. The molecule has 1 aromatic heterocycles. The first-order valence-corrected chi connectivity index (χ1v) is 9.01. The van der Waals surface area contributed by atoms with E-state index in [1.807, 2.05) is 4.57 Å². The van der Waals surface area contributed by atoms with Crippen molar-refractivity contribution < 1.29 is 18.3 Å². The van der Waals surface area contributed by atoms with Crippen LogP contribution in [0.3, 0.4) is 0 Å². The minimum Gasteiger partial charge on any atom is -0.390 e. The Morgan fingerprint density at radius 2 is 2.14 bits per heavy atom. The number of ether oxygens (including phenoxy) is 1. The zero-order valence-electron chi connectivity index (χ0n) is 12.0. The van der Waals surface area contributed by atoms with Gasteiger partial charge in [-0.1, -0.05) is 0 Å². The van der Waals surface area contributed by atoms with E-state index < -0.39 is 10.0 Å².